The second-order valence-corrected chi connectivity index (χ2v) is 7.07. The number of hydrogen-bond donors (Lipinski definition) is 2. The van der Waals surface area contributed by atoms with Crippen LogP contribution in [-0.4, -0.2) is 63.9 Å². The minimum Gasteiger partial charge on any atom is -0.497 e. The summed E-state index contributed by atoms with van der Waals surface area (Å²) in [5, 5.41) is 7.01. The Hall–Kier alpha value is -1.06. The molecule has 2 aliphatic heterocycles. The summed E-state index contributed by atoms with van der Waals surface area (Å²) >= 11 is 0. The minimum atomic E-state index is 0. The first kappa shape index (κ1) is 21.2. The predicted octanol–water partition coefficient (Wildman–Crippen LogP) is 2.40. The van der Waals surface area contributed by atoms with Gasteiger partial charge in [0.05, 0.1) is 31.4 Å². The minimum absolute atomic E-state index is 0. The van der Waals surface area contributed by atoms with Gasteiger partial charge in [-0.05, 0) is 51.1 Å². The number of aliphatic imine (C=N–C) groups is 1. The van der Waals surface area contributed by atoms with Crippen molar-refractivity contribution in [1.82, 2.24) is 15.5 Å². The maximum atomic E-state index is 5.92. The second kappa shape index (κ2) is 9.75. The number of rotatable bonds is 6. The molecule has 6 nitrogen and oxygen atoms in total. The van der Waals surface area contributed by atoms with Crippen molar-refractivity contribution in [3.63, 3.8) is 0 Å². The molecule has 0 saturated carbocycles. The maximum Gasteiger partial charge on any atom is 0.191 e. The fraction of sp³-hybridized carbons (Fsp3) is 0.632. The molecule has 2 fully saturated rings. The Kier molecular flexibility index (Phi) is 7.97. The molecule has 1 aromatic carbocycles. The van der Waals surface area contributed by atoms with Crippen LogP contribution in [0, 0.1) is 0 Å². The van der Waals surface area contributed by atoms with E-state index in [4.69, 9.17) is 9.47 Å². The predicted molar refractivity (Wildman–Crippen MR) is 116 cm³/mol. The van der Waals surface area contributed by atoms with E-state index >= 15 is 0 Å². The average Bonchev–Trinajstić information content (AvgIpc) is 3.23. The molecule has 0 amide bonds. The van der Waals surface area contributed by atoms with Crippen molar-refractivity contribution in [1.29, 1.82) is 0 Å². The molecule has 0 spiro atoms. The molecule has 2 aliphatic rings. The van der Waals surface area contributed by atoms with Crippen LogP contribution in [0.3, 0.4) is 0 Å². The normalized spacial score (nSPS) is 25.7. The zero-order valence-electron chi connectivity index (χ0n) is 16.1. The lowest BCUT2D eigenvalue weighted by Gasteiger charge is -2.28. The summed E-state index contributed by atoms with van der Waals surface area (Å²) in [6.45, 7) is 0.765. The quantitative estimate of drug-likeness (QED) is 0.377. The Morgan fingerprint density at radius 3 is 2.77 bits per heavy atom. The first-order valence-corrected chi connectivity index (χ1v) is 9.03. The Labute approximate surface area is 173 Å². The highest BCUT2D eigenvalue weighted by Gasteiger charge is 2.41. The highest BCUT2D eigenvalue weighted by atomic mass is 127. The van der Waals surface area contributed by atoms with E-state index in [9.17, 15) is 0 Å². The number of guanidine groups is 1. The highest BCUT2D eigenvalue weighted by Crippen LogP contribution is 2.34. The van der Waals surface area contributed by atoms with Crippen LogP contribution in [-0.2, 0) is 4.74 Å². The number of likely N-dealkylation sites (N-methyl/N-ethyl adjacent to an activating group) is 1. The van der Waals surface area contributed by atoms with Gasteiger partial charge in [-0.15, -0.1) is 24.0 Å². The van der Waals surface area contributed by atoms with E-state index in [1.807, 2.05) is 19.2 Å². The number of nitrogens with zero attached hydrogens (tertiary/aromatic N) is 2. The number of nitrogens with one attached hydrogen (secondary N) is 2. The smallest absolute Gasteiger partial charge is 0.191 e. The van der Waals surface area contributed by atoms with Gasteiger partial charge in [0, 0.05) is 13.6 Å². The van der Waals surface area contributed by atoms with Gasteiger partial charge >= 0.3 is 0 Å². The largest absolute Gasteiger partial charge is 0.497 e. The molecule has 0 aliphatic carbocycles. The van der Waals surface area contributed by atoms with Crippen LogP contribution in [0.4, 0.5) is 0 Å². The van der Waals surface area contributed by atoms with Crippen LogP contribution < -0.4 is 15.4 Å². The van der Waals surface area contributed by atoms with Crippen LogP contribution in [0.5, 0.6) is 5.75 Å². The molecule has 1 aromatic rings. The summed E-state index contributed by atoms with van der Waals surface area (Å²) < 4.78 is 11.3. The summed E-state index contributed by atoms with van der Waals surface area (Å²) in [5.74, 6) is 1.72. The summed E-state index contributed by atoms with van der Waals surface area (Å²) in [6, 6.07) is 8.83. The monoisotopic (exact) mass is 474 g/mol. The van der Waals surface area contributed by atoms with Crippen LogP contribution >= 0.6 is 24.0 Å². The summed E-state index contributed by atoms with van der Waals surface area (Å²) in [4.78, 5) is 6.59. The fourth-order valence-corrected chi connectivity index (χ4v) is 3.80. The van der Waals surface area contributed by atoms with Crippen molar-refractivity contribution in [2.75, 3.05) is 34.8 Å². The summed E-state index contributed by atoms with van der Waals surface area (Å²) in [6.07, 6.45) is 4.22. The third-order valence-electron chi connectivity index (χ3n) is 5.22. The van der Waals surface area contributed by atoms with Gasteiger partial charge < -0.3 is 25.0 Å². The zero-order valence-corrected chi connectivity index (χ0v) is 18.4. The number of halogens is 1. The molecule has 146 valence electrons. The Balaban J connectivity index is 0.00000243. The van der Waals surface area contributed by atoms with Gasteiger partial charge in [0.1, 0.15) is 5.75 Å². The highest BCUT2D eigenvalue weighted by molar-refractivity contribution is 14.0. The van der Waals surface area contributed by atoms with Gasteiger partial charge in [-0.2, -0.15) is 0 Å². The molecule has 2 saturated heterocycles. The molecule has 4 unspecified atom stereocenters. The number of fused-ring (bicyclic) bond motifs is 2. The van der Waals surface area contributed by atoms with Crippen LogP contribution in [0.2, 0.25) is 0 Å². The molecule has 26 heavy (non-hydrogen) atoms. The van der Waals surface area contributed by atoms with E-state index in [-0.39, 0.29) is 30.0 Å². The van der Waals surface area contributed by atoms with Gasteiger partial charge in [0.25, 0.3) is 0 Å². The van der Waals surface area contributed by atoms with Crippen molar-refractivity contribution in [3.05, 3.63) is 29.8 Å². The van der Waals surface area contributed by atoms with Crippen LogP contribution in [0.15, 0.2) is 29.3 Å². The number of hydrogen-bond acceptors (Lipinski definition) is 4. The first-order valence-electron chi connectivity index (χ1n) is 9.03. The molecule has 0 aromatic heterocycles. The van der Waals surface area contributed by atoms with E-state index in [1.54, 1.807) is 7.11 Å². The van der Waals surface area contributed by atoms with Gasteiger partial charge in [-0.3, -0.25) is 4.99 Å². The standard InChI is InChI=1S/C19H30N4O2.HI/c1-20-19(22-16-11-15-8-9-18(16)25-15)21-12-17(23(2)3)13-6-5-7-14(10-13)24-4;/h5-7,10,15-18H,8-9,11-12H2,1-4H3,(H2,20,21,22);1H. The third kappa shape index (κ3) is 5.01. The second-order valence-electron chi connectivity index (χ2n) is 7.07. The fourth-order valence-electron chi connectivity index (χ4n) is 3.80. The van der Waals surface area contributed by atoms with E-state index < -0.39 is 0 Å². The van der Waals surface area contributed by atoms with Crippen molar-refractivity contribution < 1.29 is 9.47 Å². The molecule has 2 heterocycles. The van der Waals surface area contributed by atoms with Crippen molar-refractivity contribution in [3.8, 4) is 5.75 Å². The topological polar surface area (TPSA) is 58.1 Å². The molecule has 2 N–H and O–H groups in total. The number of benzene rings is 1. The Morgan fingerprint density at radius 2 is 2.19 bits per heavy atom. The molecule has 0 radical (unpaired) electrons. The van der Waals surface area contributed by atoms with Crippen LogP contribution in [0.1, 0.15) is 30.9 Å². The lowest BCUT2D eigenvalue weighted by Crippen LogP contribution is -2.49. The van der Waals surface area contributed by atoms with Crippen molar-refractivity contribution in [2.45, 2.75) is 43.6 Å². The maximum absolute atomic E-state index is 5.92. The van der Waals surface area contributed by atoms with Crippen molar-refractivity contribution in [2.24, 2.45) is 4.99 Å². The SMILES string of the molecule is CN=C(NCC(c1cccc(OC)c1)N(C)C)NC1CC2CCC1O2.I. The summed E-state index contributed by atoms with van der Waals surface area (Å²) in [7, 11) is 7.70. The summed E-state index contributed by atoms with van der Waals surface area (Å²) in [5.41, 5.74) is 1.22. The molecule has 4 atom stereocenters. The Morgan fingerprint density at radius 1 is 1.38 bits per heavy atom. The van der Waals surface area contributed by atoms with Gasteiger partial charge in [-0.25, -0.2) is 0 Å². The first-order chi connectivity index (χ1) is 12.1. The van der Waals surface area contributed by atoms with E-state index in [0.717, 1.165) is 31.1 Å². The number of ether oxygens (including phenoxy) is 2. The average molecular weight is 474 g/mol. The van der Waals surface area contributed by atoms with Crippen LogP contribution in [0.25, 0.3) is 0 Å². The third-order valence-corrected chi connectivity index (χ3v) is 5.22. The lowest BCUT2D eigenvalue weighted by atomic mass is 9.96. The molecule has 7 heteroatoms. The zero-order chi connectivity index (χ0) is 17.8. The molecular weight excluding hydrogens is 443 g/mol. The molecule has 2 bridgehead atoms. The van der Waals surface area contributed by atoms with E-state index in [1.165, 1.54) is 12.0 Å². The van der Waals surface area contributed by atoms with Gasteiger partial charge in [0.2, 0.25) is 0 Å². The lowest BCUT2D eigenvalue weighted by molar-refractivity contribution is 0.0992. The number of methoxy groups -OCH3 is 1. The van der Waals surface area contributed by atoms with Crippen molar-refractivity contribution >= 4 is 29.9 Å². The van der Waals surface area contributed by atoms with Gasteiger partial charge in [-0.1, -0.05) is 12.1 Å². The van der Waals surface area contributed by atoms with E-state index in [0.29, 0.717) is 18.2 Å². The van der Waals surface area contributed by atoms with E-state index in [2.05, 4.69) is 46.8 Å². The molecule has 3 rings (SSSR count). The Bertz CT molecular complexity index is 611. The van der Waals surface area contributed by atoms with Gasteiger partial charge in [0.15, 0.2) is 5.96 Å². The molecular formula is C19H31IN4O2.